The number of anilines is 1. The molecule has 0 fully saturated rings. The lowest BCUT2D eigenvalue weighted by Gasteiger charge is -2.15. The van der Waals surface area contributed by atoms with Crippen LogP contribution in [0.25, 0.3) is 21.8 Å². The zero-order valence-electron chi connectivity index (χ0n) is 15.8. The van der Waals surface area contributed by atoms with Crippen LogP contribution in [0.15, 0.2) is 66.7 Å². The fourth-order valence-electron chi connectivity index (χ4n) is 3.49. The number of hydrogen-bond acceptors (Lipinski definition) is 2. The first-order chi connectivity index (χ1) is 13.6. The Labute approximate surface area is 168 Å². The number of carbonyl (C=O) groups excluding carboxylic acids is 1. The molecule has 28 heavy (non-hydrogen) atoms. The summed E-state index contributed by atoms with van der Waals surface area (Å²) in [6, 6.07) is 21.3. The Morgan fingerprint density at radius 3 is 2.50 bits per heavy atom. The van der Waals surface area contributed by atoms with Gasteiger partial charge in [-0.1, -0.05) is 29.8 Å². The Bertz CT molecular complexity index is 1150. The molecule has 0 saturated heterocycles. The van der Waals surface area contributed by atoms with Gasteiger partial charge in [-0.25, -0.2) is 0 Å². The van der Waals surface area contributed by atoms with Crippen molar-refractivity contribution < 1.29 is 9.53 Å². The maximum atomic E-state index is 12.6. The van der Waals surface area contributed by atoms with Crippen LogP contribution in [0.1, 0.15) is 13.8 Å². The van der Waals surface area contributed by atoms with E-state index < -0.39 is 6.10 Å². The quantitative estimate of drug-likeness (QED) is 0.461. The summed E-state index contributed by atoms with van der Waals surface area (Å²) < 4.78 is 7.99. The van der Waals surface area contributed by atoms with Gasteiger partial charge in [-0.3, -0.25) is 4.79 Å². The number of aryl methyl sites for hydroxylation is 1. The van der Waals surface area contributed by atoms with Crippen molar-refractivity contribution in [2.45, 2.75) is 26.5 Å². The fourth-order valence-corrected chi connectivity index (χ4v) is 3.61. The first-order valence-electron chi connectivity index (χ1n) is 9.31. The molecule has 0 aliphatic carbocycles. The van der Waals surface area contributed by atoms with Gasteiger partial charge >= 0.3 is 0 Å². The number of nitrogens with one attached hydrogen (secondary N) is 1. The smallest absolute Gasteiger partial charge is 0.265 e. The zero-order chi connectivity index (χ0) is 19.7. The van der Waals surface area contributed by atoms with Crippen LogP contribution in [0.4, 0.5) is 5.69 Å². The molecule has 4 nitrogen and oxygen atoms in total. The number of halogens is 1. The van der Waals surface area contributed by atoms with Gasteiger partial charge in [0.25, 0.3) is 5.91 Å². The number of para-hydroxylation sites is 1. The standard InChI is InChI=1S/C23H21ClN2O2/c1-3-26-21-7-5-4-6-19(21)20-14-17(10-13-22(20)26)25-23(27)15(2)28-18-11-8-16(24)9-12-18/h4-15H,3H2,1-2H3,(H,25,27)/t15-/m1/s1. The molecule has 4 rings (SSSR count). The van der Waals surface area contributed by atoms with Crippen molar-refractivity contribution in [3.8, 4) is 5.75 Å². The van der Waals surface area contributed by atoms with Crippen molar-refractivity contribution in [1.82, 2.24) is 4.57 Å². The highest BCUT2D eigenvalue weighted by atomic mass is 35.5. The van der Waals surface area contributed by atoms with Gasteiger partial charge in [-0.05, 0) is 62.4 Å². The molecule has 1 aromatic heterocycles. The molecule has 4 aromatic rings. The van der Waals surface area contributed by atoms with E-state index in [-0.39, 0.29) is 5.91 Å². The number of amides is 1. The second-order valence-electron chi connectivity index (χ2n) is 6.70. The van der Waals surface area contributed by atoms with Crippen LogP contribution in [0.2, 0.25) is 5.02 Å². The molecule has 0 aliphatic heterocycles. The number of aromatic nitrogens is 1. The van der Waals surface area contributed by atoms with Crippen molar-refractivity contribution in [3.63, 3.8) is 0 Å². The third kappa shape index (κ3) is 3.43. The molecular formula is C23H21ClN2O2. The topological polar surface area (TPSA) is 43.3 Å². The average molecular weight is 393 g/mol. The Morgan fingerprint density at radius 1 is 1.04 bits per heavy atom. The molecule has 1 N–H and O–H groups in total. The van der Waals surface area contributed by atoms with Gasteiger partial charge in [-0.15, -0.1) is 0 Å². The number of benzene rings is 3. The Kier molecular flexibility index (Phi) is 4.97. The molecule has 0 radical (unpaired) electrons. The molecule has 1 atom stereocenters. The van der Waals surface area contributed by atoms with E-state index in [4.69, 9.17) is 16.3 Å². The van der Waals surface area contributed by atoms with Gasteiger partial charge in [0, 0.05) is 39.1 Å². The number of ether oxygens (including phenoxy) is 1. The molecule has 0 aliphatic rings. The summed E-state index contributed by atoms with van der Waals surface area (Å²) in [5, 5.41) is 5.89. The molecule has 1 amide bonds. The second-order valence-corrected chi connectivity index (χ2v) is 7.13. The van der Waals surface area contributed by atoms with Crippen LogP contribution < -0.4 is 10.1 Å². The zero-order valence-corrected chi connectivity index (χ0v) is 16.5. The number of carbonyl (C=O) groups is 1. The fraction of sp³-hybridized carbons (Fsp3) is 0.174. The minimum Gasteiger partial charge on any atom is -0.481 e. The lowest BCUT2D eigenvalue weighted by atomic mass is 10.1. The van der Waals surface area contributed by atoms with E-state index in [0.717, 1.165) is 23.1 Å². The monoisotopic (exact) mass is 392 g/mol. The Morgan fingerprint density at radius 2 is 1.75 bits per heavy atom. The largest absolute Gasteiger partial charge is 0.481 e. The summed E-state index contributed by atoms with van der Waals surface area (Å²) in [6.45, 7) is 4.75. The van der Waals surface area contributed by atoms with E-state index >= 15 is 0 Å². The van der Waals surface area contributed by atoms with Crippen molar-refractivity contribution in [1.29, 1.82) is 0 Å². The van der Waals surface area contributed by atoms with Gasteiger partial charge < -0.3 is 14.6 Å². The highest BCUT2D eigenvalue weighted by Gasteiger charge is 2.16. The van der Waals surface area contributed by atoms with Crippen LogP contribution in [0.5, 0.6) is 5.75 Å². The number of rotatable bonds is 5. The Hall–Kier alpha value is -2.98. The molecule has 0 spiro atoms. The molecule has 0 bridgehead atoms. The molecule has 0 unspecified atom stereocenters. The highest BCUT2D eigenvalue weighted by Crippen LogP contribution is 2.31. The average Bonchev–Trinajstić information content (AvgIpc) is 3.02. The van der Waals surface area contributed by atoms with Crippen molar-refractivity contribution >= 4 is 45.0 Å². The van der Waals surface area contributed by atoms with Crippen molar-refractivity contribution in [3.05, 3.63) is 71.8 Å². The van der Waals surface area contributed by atoms with Crippen molar-refractivity contribution in [2.75, 3.05) is 5.32 Å². The summed E-state index contributed by atoms with van der Waals surface area (Å²) >= 11 is 5.88. The minimum absolute atomic E-state index is 0.200. The third-order valence-corrected chi connectivity index (χ3v) is 5.10. The molecular weight excluding hydrogens is 372 g/mol. The maximum absolute atomic E-state index is 12.6. The first kappa shape index (κ1) is 18.4. The van der Waals surface area contributed by atoms with E-state index in [1.165, 1.54) is 10.9 Å². The number of fused-ring (bicyclic) bond motifs is 3. The predicted octanol–water partition coefficient (Wildman–Crippen LogP) is 5.87. The lowest BCUT2D eigenvalue weighted by molar-refractivity contribution is -0.122. The summed E-state index contributed by atoms with van der Waals surface area (Å²) in [6.07, 6.45) is -0.631. The van der Waals surface area contributed by atoms with Crippen LogP contribution >= 0.6 is 11.6 Å². The van der Waals surface area contributed by atoms with E-state index in [0.29, 0.717) is 10.8 Å². The first-order valence-corrected chi connectivity index (χ1v) is 9.68. The molecule has 0 saturated carbocycles. The number of hydrogen-bond donors (Lipinski definition) is 1. The van der Waals surface area contributed by atoms with E-state index in [2.05, 4.69) is 35.0 Å². The summed E-state index contributed by atoms with van der Waals surface area (Å²) in [5.41, 5.74) is 3.11. The van der Waals surface area contributed by atoms with Gasteiger partial charge in [0.15, 0.2) is 6.10 Å². The van der Waals surface area contributed by atoms with Gasteiger partial charge in [0.2, 0.25) is 0 Å². The number of nitrogens with zero attached hydrogens (tertiary/aromatic N) is 1. The maximum Gasteiger partial charge on any atom is 0.265 e. The summed E-state index contributed by atoms with van der Waals surface area (Å²) in [4.78, 5) is 12.6. The molecule has 3 aromatic carbocycles. The van der Waals surface area contributed by atoms with Crippen LogP contribution in [-0.4, -0.2) is 16.6 Å². The minimum atomic E-state index is -0.631. The normalized spacial score (nSPS) is 12.2. The van der Waals surface area contributed by atoms with Gasteiger partial charge in [0.05, 0.1) is 0 Å². The molecule has 142 valence electrons. The highest BCUT2D eigenvalue weighted by molar-refractivity contribution is 6.30. The van der Waals surface area contributed by atoms with E-state index in [1.807, 2.05) is 24.3 Å². The van der Waals surface area contributed by atoms with E-state index in [9.17, 15) is 4.79 Å². The van der Waals surface area contributed by atoms with Crippen LogP contribution in [0.3, 0.4) is 0 Å². The Balaban J connectivity index is 1.58. The molecule has 1 heterocycles. The van der Waals surface area contributed by atoms with Crippen LogP contribution in [-0.2, 0) is 11.3 Å². The van der Waals surface area contributed by atoms with Gasteiger partial charge in [0.1, 0.15) is 5.75 Å². The summed E-state index contributed by atoms with van der Waals surface area (Å²) in [7, 11) is 0. The molecule has 5 heteroatoms. The second kappa shape index (κ2) is 7.56. The lowest BCUT2D eigenvalue weighted by Crippen LogP contribution is -2.30. The SMILES string of the molecule is CCn1c2ccccc2c2cc(NC(=O)[C@@H](C)Oc3ccc(Cl)cc3)ccc21. The van der Waals surface area contributed by atoms with Crippen molar-refractivity contribution in [2.24, 2.45) is 0 Å². The van der Waals surface area contributed by atoms with E-state index in [1.54, 1.807) is 31.2 Å². The van der Waals surface area contributed by atoms with Crippen LogP contribution in [0, 0.1) is 0 Å². The predicted molar refractivity (Wildman–Crippen MR) is 115 cm³/mol. The van der Waals surface area contributed by atoms with Gasteiger partial charge in [-0.2, -0.15) is 0 Å². The third-order valence-electron chi connectivity index (χ3n) is 4.85. The summed E-state index contributed by atoms with van der Waals surface area (Å²) in [5.74, 6) is 0.405.